The van der Waals surface area contributed by atoms with Crippen LogP contribution in [0.15, 0.2) is 45.6 Å². The van der Waals surface area contributed by atoms with Gasteiger partial charge >= 0.3 is 24.3 Å². The molecule has 2 aromatic heterocycles. The second-order valence-corrected chi connectivity index (χ2v) is 7.55. The van der Waals surface area contributed by atoms with Gasteiger partial charge in [0.15, 0.2) is 0 Å². The summed E-state index contributed by atoms with van der Waals surface area (Å²) in [6, 6.07) is 8.75. The minimum absolute atomic E-state index is 0.676. The fraction of sp³-hybridized carbons (Fsp3) is 0.500. The lowest BCUT2D eigenvalue weighted by molar-refractivity contribution is -0.193. The second kappa shape index (κ2) is 11.4. The smallest absolute Gasteiger partial charge is 0.475 e. The van der Waals surface area contributed by atoms with Crippen molar-refractivity contribution in [1.82, 2.24) is 9.80 Å². The summed E-state index contributed by atoms with van der Waals surface area (Å²) in [5, 5.41) is 14.2. The summed E-state index contributed by atoms with van der Waals surface area (Å²) >= 11 is 0. The van der Waals surface area contributed by atoms with Gasteiger partial charge in [0.1, 0.15) is 11.5 Å². The Balaban J connectivity index is 0.000000244. The number of alkyl halides is 6. The van der Waals surface area contributed by atoms with E-state index in [9.17, 15) is 26.3 Å². The molecule has 14 heteroatoms. The van der Waals surface area contributed by atoms with E-state index in [1.807, 2.05) is 12.1 Å². The Morgan fingerprint density at radius 1 is 0.882 bits per heavy atom. The van der Waals surface area contributed by atoms with E-state index in [0.717, 1.165) is 37.1 Å². The van der Waals surface area contributed by atoms with Gasteiger partial charge in [-0.3, -0.25) is 9.80 Å². The van der Waals surface area contributed by atoms with Gasteiger partial charge in [0, 0.05) is 19.1 Å². The Morgan fingerprint density at radius 2 is 1.35 bits per heavy atom. The van der Waals surface area contributed by atoms with Crippen LogP contribution in [0.25, 0.3) is 0 Å². The molecule has 2 aliphatic heterocycles. The van der Waals surface area contributed by atoms with Gasteiger partial charge in [0.25, 0.3) is 0 Å². The molecule has 0 saturated carbocycles. The van der Waals surface area contributed by atoms with Crippen LogP contribution in [0.5, 0.6) is 0 Å². The zero-order chi connectivity index (χ0) is 25.5. The van der Waals surface area contributed by atoms with Crippen LogP contribution in [0.3, 0.4) is 0 Å². The highest BCUT2D eigenvalue weighted by Crippen LogP contribution is 2.33. The second-order valence-electron chi connectivity index (χ2n) is 7.55. The molecule has 0 unspecified atom stereocenters. The number of carboxylic acid groups (broad SMARTS) is 2. The Morgan fingerprint density at radius 3 is 1.76 bits per heavy atom. The monoisotopic (exact) mass is 500 g/mol. The normalized spacial score (nSPS) is 20.6. The predicted molar refractivity (Wildman–Crippen MR) is 102 cm³/mol. The van der Waals surface area contributed by atoms with Crippen molar-refractivity contribution in [2.75, 3.05) is 19.6 Å². The van der Waals surface area contributed by atoms with Gasteiger partial charge in [-0.25, -0.2) is 9.59 Å². The van der Waals surface area contributed by atoms with E-state index in [1.54, 1.807) is 12.5 Å². The molecule has 0 radical (unpaired) electrons. The Hall–Kier alpha value is -3.00. The molecule has 0 spiro atoms. The average Bonchev–Trinajstić information content (AvgIpc) is 3.50. The van der Waals surface area contributed by atoms with Crippen molar-refractivity contribution >= 4 is 11.9 Å². The predicted octanol–water partition coefficient (Wildman–Crippen LogP) is 3.85. The molecular formula is C20H22F6N2O6. The summed E-state index contributed by atoms with van der Waals surface area (Å²) < 4.78 is 74.4. The number of fused-ring (bicyclic) bond motifs is 1. The maximum Gasteiger partial charge on any atom is 0.490 e. The number of halogens is 6. The quantitative estimate of drug-likeness (QED) is 0.610. The zero-order valence-electron chi connectivity index (χ0n) is 17.6. The summed E-state index contributed by atoms with van der Waals surface area (Å²) in [5.74, 6) is -2.56. The molecule has 34 heavy (non-hydrogen) atoms. The van der Waals surface area contributed by atoms with Crippen LogP contribution in [0.2, 0.25) is 0 Å². The summed E-state index contributed by atoms with van der Waals surface area (Å²) in [6.45, 7) is 5.42. The number of furan rings is 2. The van der Waals surface area contributed by atoms with Crippen molar-refractivity contribution in [3.63, 3.8) is 0 Å². The first kappa shape index (κ1) is 27.2. The molecule has 0 bridgehead atoms. The Labute approximate surface area is 189 Å². The van der Waals surface area contributed by atoms with Crippen molar-refractivity contribution in [1.29, 1.82) is 0 Å². The van der Waals surface area contributed by atoms with Gasteiger partial charge < -0.3 is 19.0 Å². The Bertz CT molecular complexity index is 874. The maximum absolute atomic E-state index is 10.6. The molecule has 2 atom stereocenters. The summed E-state index contributed by atoms with van der Waals surface area (Å²) in [4.78, 5) is 22.9. The molecule has 4 rings (SSSR count). The van der Waals surface area contributed by atoms with E-state index in [0.29, 0.717) is 6.04 Å². The van der Waals surface area contributed by atoms with Crippen molar-refractivity contribution < 1.29 is 55.0 Å². The van der Waals surface area contributed by atoms with Gasteiger partial charge in [-0.1, -0.05) is 0 Å². The summed E-state index contributed by atoms with van der Waals surface area (Å²) in [7, 11) is 0. The SMILES string of the molecule is O=C(O)C(F)(F)F.O=C(O)C(F)(F)F.c1coc(CN2C[C@@H]3CCN(Cc4ccco4)[C@@H]3C2)c1. The minimum atomic E-state index is -5.08. The van der Waals surface area contributed by atoms with E-state index < -0.39 is 24.3 Å². The topological polar surface area (TPSA) is 107 Å². The van der Waals surface area contributed by atoms with Crippen LogP contribution < -0.4 is 0 Å². The van der Waals surface area contributed by atoms with Crippen molar-refractivity contribution in [2.24, 2.45) is 5.92 Å². The van der Waals surface area contributed by atoms with E-state index in [2.05, 4.69) is 21.9 Å². The number of likely N-dealkylation sites (tertiary alicyclic amines) is 2. The van der Waals surface area contributed by atoms with Crippen molar-refractivity contribution in [3.8, 4) is 0 Å². The third kappa shape index (κ3) is 8.41. The zero-order valence-corrected chi connectivity index (χ0v) is 17.6. The molecule has 8 nitrogen and oxygen atoms in total. The van der Waals surface area contributed by atoms with Crippen LogP contribution in [-0.2, 0) is 22.7 Å². The van der Waals surface area contributed by atoms with Crippen molar-refractivity contribution in [3.05, 3.63) is 48.3 Å². The van der Waals surface area contributed by atoms with Crippen LogP contribution in [-0.4, -0.2) is 70.0 Å². The number of rotatable bonds is 4. The van der Waals surface area contributed by atoms with Gasteiger partial charge in [-0.2, -0.15) is 26.3 Å². The molecule has 0 amide bonds. The lowest BCUT2D eigenvalue weighted by Crippen LogP contribution is -2.34. The van der Waals surface area contributed by atoms with E-state index >= 15 is 0 Å². The molecule has 190 valence electrons. The van der Waals surface area contributed by atoms with Gasteiger partial charge in [-0.15, -0.1) is 0 Å². The average molecular weight is 500 g/mol. The molecule has 2 saturated heterocycles. The minimum Gasteiger partial charge on any atom is -0.475 e. The number of nitrogens with zero attached hydrogens (tertiary/aromatic N) is 2. The highest BCUT2D eigenvalue weighted by Gasteiger charge is 2.41. The third-order valence-electron chi connectivity index (χ3n) is 5.12. The molecule has 2 fully saturated rings. The third-order valence-corrected chi connectivity index (χ3v) is 5.12. The number of carboxylic acids is 2. The molecule has 4 heterocycles. The molecule has 2 aromatic rings. The highest BCUT2D eigenvalue weighted by molar-refractivity contribution is 5.73. The van der Waals surface area contributed by atoms with Gasteiger partial charge in [0.2, 0.25) is 0 Å². The van der Waals surface area contributed by atoms with Gasteiger partial charge in [-0.05, 0) is 43.1 Å². The van der Waals surface area contributed by atoms with Crippen LogP contribution in [0, 0.1) is 5.92 Å². The van der Waals surface area contributed by atoms with E-state index in [1.165, 1.54) is 19.5 Å². The first-order chi connectivity index (χ1) is 15.8. The highest BCUT2D eigenvalue weighted by atomic mass is 19.4. The molecule has 0 aliphatic carbocycles. The summed E-state index contributed by atoms with van der Waals surface area (Å²) in [5.41, 5.74) is 0. The van der Waals surface area contributed by atoms with Crippen LogP contribution >= 0.6 is 0 Å². The first-order valence-electron chi connectivity index (χ1n) is 9.88. The number of aliphatic carboxylic acids is 2. The lowest BCUT2D eigenvalue weighted by atomic mass is 10.1. The lowest BCUT2D eigenvalue weighted by Gasteiger charge is -2.23. The number of carbonyl (C=O) groups is 2. The molecule has 2 N–H and O–H groups in total. The summed E-state index contributed by atoms with van der Waals surface area (Å²) in [6.07, 6.45) is -5.34. The van der Waals surface area contributed by atoms with E-state index in [4.69, 9.17) is 28.6 Å². The molecular weight excluding hydrogens is 478 g/mol. The fourth-order valence-corrected chi connectivity index (χ4v) is 3.69. The largest absolute Gasteiger partial charge is 0.490 e. The van der Waals surface area contributed by atoms with Gasteiger partial charge in [0.05, 0.1) is 25.6 Å². The number of hydrogen-bond acceptors (Lipinski definition) is 6. The molecule has 0 aromatic carbocycles. The molecule has 2 aliphatic rings. The van der Waals surface area contributed by atoms with E-state index in [-0.39, 0.29) is 0 Å². The van der Waals surface area contributed by atoms with Crippen LogP contribution in [0.1, 0.15) is 17.9 Å². The Kier molecular flexibility index (Phi) is 9.15. The number of hydrogen-bond donors (Lipinski definition) is 2. The standard InChI is InChI=1S/C16H20N2O2.2C2HF3O2/c1-3-14(19-7-1)10-17-9-13-5-6-18(16(13)12-17)11-15-4-2-8-20-15;2*3-2(4,5)1(6)7/h1-4,7-8,13,16H,5-6,9-12H2;2*(H,6,7)/t13-,16+;;/m0../s1. The van der Waals surface area contributed by atoms with Crippen molar-refractivity contribution in [2.45, 2.75) is 37.9 Å². The fourth-order valence-electron chi connectivity index (χ4n) is 3.69. The first-order valence-corrected chi connectivity index (χ1v) is 9.88. The maximum atomic E-state index is 10.6. The van der Waals surface area contributed by atoms with Crippen LogP contribution in [0.4, 0.5) is 26.3 Å².